The standard InChI is InChI=1S/C23H18N4O/c28-23-18-7-1-2-9-19(18)26-21(27-23)13-11-16-10-12-20(25-16)17-8-3-5-15-6-4-14-24-22(15)17/h1-9,12,14H,10-11,13H2,(H,26,27,28). The number of fused-ring (bicyclic) bond motifs is 2. The summed E-state index contributed by atoms with van der Waals surface area (Å²) < 4.78 is 0. The summed E-state index contributed by atoms with van der Waals surface area (Å²) in [7, 11) is 0. The van der Waals surface area contributed by atoms with Gasteiger partial charge in [0.2, 0.25) is 0 Å². The molecule has 2 aromatic heterocycles. The van der Waals surface area contributed by atoms with Crippen LogP contribution >= 0.6 is 0 Å². The molecule has 136 valence electrons. The molecule has 0 amide bonds. The van der Waals surface area contributed by atoms with Crippen molar-refractivity contribution in [1.29, 1.82) is 0 Å². The van der Waals surface area contributed by atoms with Gasteiger partial charge in [-0.3, -0.25) is 14.8 Å². The van der Waals surface area contributed by atoms with Crippen molar-refractivity contribution in [2.75, 3.05) is 0 Å². The van der Waals surface area contributed by atoms with Gasteiger partial charge in [0.1, 0.15) is 5.82 Å². The van der Waals surface area contributed by atoms with Crippen LogP contribution in [0.5, 0.6) is 0 Å². The number of benzene rings is 2. The second kappa shape index (κ2) is 6.85. The van der Waals surface area contributed by atoms with Gasteiger partial charge in [0.15, 0.2) is 0 Å². The predicted molar refractivity (Wildman–Crippen MR) is 112 cm³/mol. The molecule has 28 heavy (non-hydrogen) atoms. The smallest absolute Gasteiger partial charge is 0.258 e. The van der Waals surface area contributed by atoms with Gasteiger partial charge >= 0.3 is 0 Å². The first-order valence-electron chi connectivity index (χ1n) is 9.36. The molecule has 0 atom stereocenters. The molecule has 0 fully saturated rings. The van der Waals surface area contributed by atoms with Crippen molar-refractivity contribution >= 4 is 33.2 Å². The molecule has 4 aromatic rings. The molecule has 1 aliphatic rings. The summed E-state index contributed by atoms with van der Waals surface area (Å²) in [5, 5.41) is 1.74. The first kappa shape index (κ1) is 16.6. The molecule has 1 aliphatic heterocycles. The fraction of sp³-hybridized carbons (Fsp3) is 0.130. The molecule has 0 saturated carbocycles. The van der Waals surface area contributed by atoms with E-state index >= 15 is 0 Å². The number of para-hydroxylation sites is 2. The van der Waals surface area contributed by atoms with Crippen molar-refractivity contribution in [3.8, 4) is 0 Å². The number of rotatable bonds is 4. The number of aromatic amines is 1. The Balaban J connectivity index is 1.37. The summed E-state index contributed by atoms with van der Waals surface area (Å²) in [6.07, 6.45) is 6.20. The van der Waals surface area contributed by atoms with Gasteiger partial charge in [-0.25, -0.2) is 4.98 Å². The monoisotopic (exact) mass is 366 g/mol. The molecule has 0 radical (unpaired) electrons. The van der Waals surface area contributed by atoms with E-state index in [1.54, 1.807) is 6.07 Å². The Morgan fingerprint density at radius 1 is 0.964 bits per heavy atom. The summed E-state index contributed by atoms with van der Waals surface area (Å²) in [6, 6.07) is 17.6. The maximum absolute atomic E-state index is 12.2. The number of allylic oxidation sites excluding steroid dienone is 1. The van der Waals surface area contributed by atoms with Crippen LogP contribution < -0.4 is 5.56 Å². The molecule has 0 bridgehead atoms. The van der Waals surface area contributed by atoms with E-state index in [1.807, 2.05) is 36.5 Å². The number of aromatic nitrogens is 3. The number of hydrogen-bond acceptors (Lipinski definition) is 4. The van der Waals surface area contributed by atoms with E-state index in [1.165, 1.54) is 0 Å². The van der Waals surface area contributed by atoms with Gasteiger partial charge in [0.05, 0.1) is 22.1 Å². The van der Waals surface area contributed by atoms with Crippen molar-refractivity contribution in [3.63, 3.8) is 0 Å². The summed E-state index contributed by atoms with van der Waals surface area (Å²) in [4.78, 5) is 29.0. The zero-order valence-electron chi connectivity index (χ0n) is 15.2. The Morgan fingerprint density at radius 2 is 1.86 bits per heavy atom. The zero-order valence-corrected chi connectivity index (χ0v) is 15.2. The highest BCUT2D eigenvalue weighted by atomic mass is 16.1. The van der Waals surface area contributed by atoms with Crippen molar-refractivity contribution in [1.82, 2.24) is 15.0 Å². The van der Waals surface area contributed by atoms with Gasteiger partial charge in [0.25, 0.3) is 5.56 Å². The Labute approximate surface area is 161 Å². The molecule has 1 N–H and O–H groups in total. The summed E-state index contributed by atoms with van der Waals surface area (Å²) in [5.41, 5.74) is 4.75. The lowest BCUT2D eigenvalue weighted by Gasteiger charge is -2.05. The minimum Gasteiger partial charge on any atom is -0.310 e. The van der Waals surface area contributed by atoms with Crippen LogP contribution in [0.4, 0.5) is 0 Å². The minimum atomic E-state index is -0.0883. The van der Waals surface area contributed by atoms with Gasteiger partial charge < -0.3 is 4.98 Å². The second-order valence-electron chi connectivity index (χ2n) is 6.88. The molecule has 0 saturated heterocycles. The third-order valence-electron chi connectivity index (χ3n) is 5.03. The highest BCUT2D eigenvalue weighted by molar-refractivity contribution is 6.00. The third kappa shape index (κ3) is 3.01. The van der Waals surface area contributed by atoms with Crippen LogP contribution in [0.3, 0.4) is 0 Å². The van der Waals surface area contributed by atoms with Crippen molar-refractivity contribution in [2.24, 2.45) is 4.99 Å². The van der Waals surface area contributed by atoms with Crippen LogP contribution in [0.25, 0.3) is 27.5 Å². The fourth-order valence-electron chi connectivity index (χ4n) is 3.63. The van der Waals surface area contributed by atoms with Crippen LogP contribution in [0, 0.1) is 0 Å². The molecule has 0 aliphatic carbocycles. The van der Waals surface area contributed by atoms with Crippen LogP contribution in [-0.2, 0) is 6.42 Å². The highest BCUT2D eigenvalue weighted by Crippen LogP contribution is 2.28. The SMILES string of the molecule is O=c1[nH]c(CCC2=NC(c3cccc4cccnc34)=CC2)nc2ccccc12. The van der Waals surface area contributed by atoms with Crippen LogP contribution in [-0.4, -0.2) is 20.7 Å². The van der Waals surface area contributed by atoms with E-state index in [-0.39, 0.29) is 5.56 Å². The van der Waals surface area contributed by atoms with E-state index in [0.29, 0.717) is 17.6 Å². The van der Waals surface area contributed by atoms with Crippen LogP contribution in [0.1, 0.15) is 24.2 Å². The molecular weight excluding hydrogens is 348 g/mol. The number of aryl methyl sites for hydroxylation is 1. The van der Waals surface area contributed by atoms with E-state index < -0.39 is 0 Å². The Hall–Kier alpha value is -3.60. The zero-order chi connectivity index (χ0) is 18.9. The van der Waals surface area contributed by atoms with Gasteiger partial charge in [-0.2, -0.15) is 0 Å². The Bertz CT molecular complexity index is 1310. The molecule has 5 rings (SSSR count). The normalized spacial score (nSPS) is 13.7. The van der Waals surface area contributed by atoms with Gasteiger partial charge in [0, 0.05) is 35.7 Å². The van der Waals surface area contributed by atoms with Crippen LogP contribution in [0.15, 0.2) is 76.7 Å². The van der Waals surface area contributed by atoms with Gasteiger partial charge in [-0.1, -0.05) is 42.5 Å². The van der Waals surface area contributed by atoms with Crippen molar-refractivity contribution in [3.05, 3.63) is 88.6 Å². The molecule has 3 heterocycles. The van der Waals surface area contributed by atoms with E-state index in [0.717, 1.165) is 46.2 Å². The Morgan fingerprint density at radius 3 is 2.82 bits per heavy atom. The summed E-state index contributed by atoms with van der Waals surface area (Å²) in [5.74, 6) is 0.701. The maximum Gasteiger partial charge on any atom is 0.258 e. The highest BCUT2D eigenvalue weighted by Gasteiger charge is 2.14. The summed E-state index contributed by atoms with van der Waals surface area (Å²) >= 11 is 0. The topological polar surface area (TPSA) is 71.0 Å². The lowest BCUT2D eigenvalue weighted by Crippen LogP contribution is -2.12. The average molecular weight is 366 g/mol. The van der Waals surface area contributed by atoms with Crippen molar-refractivity contribution < 1.29 is 0 Å². The van der Waals surface area contributed by atoms with E-state index in [9.17, 15) is 4.79 Å². The van der Waals surface area contributed by atoms with Crippen LogP contribution in [0.2, 0.25) is 0 Å². The fourth-order valence-corrected chi connectivity index (χ4v) is 3.63. The number of nitrogens with zero attached hydrogens (tertiary/aromatic N) is 3. The first-order valence-corrected chi connectivity index (χ1v) is 9.36. The predicted octanol–water partition coefficient (Wildman–Crippen LogP) is 4.29. The second-order valence-corrected chi connectivity index (χ2v) is 6.88. The largest absolute Gasteiger partial charge is 0.310 e. The van der Waals surface area contributed by atoms with Gasteiger partial charge in [-0.05, 0) is 24.6 Å². The number of pyridine rings is 1. The average Bonchev–Trinajstić information content (AvgIpc) is 3.21. The number of aliphatic imine (C=N–C) groups is 1. The molecule has 0 spiro atoms. The maximum atomic E-state index is 12.2. The molecule has 5 nitrogen and oxygen atoms in total. The lowest BCUT2D eigenvalue weighted by atomic mass is 10.1. The number of hydrogen-bond donors (Lipinski definition) is 1. The summed E-state index contributed by atoms with van der Waals surface area (Å²) in [6.45, 7) is 0. The number of nitrogens with one attached hydrogen (secondary N) is 1. The quantitative estimate of drug-likeness (QED) is 0.586. The lowest BCUT2D eigenvalue weighted by molar-refractivity contribution is 0.896. The Kier molecular flexibility index (Phi) is 4.05. The minimum absolute atomic E-state index is 0.0883. The van der Waals surface area contributed by atoms with Gasteiger partial charge in [-0.15, -0.1) is 0 Å². The molecule has 5 heteroatoms. The molecule has 0 unspecified atom stereocenters. The van der Waals surface area contributed by atoms with Crippen molar-refractivity contribution in [2.45, 2.75) is 19.3 Å². The van der Waals surface area contributed by atoms with E-state index in [4.69, 9.17) is 4.99 Å². The van der Waals surface area contributed by atoms with E-state index in [2.05, 4.69) is 39.2 Å². The molecule has 2 aromatic carbocycles. The first-order chi connectivity index (χ1) is 13.8. The number of H-pyrrole nitrogens is 1. The molecular formula is C23H18N4O. The third-order valence-corrected chi connectivity index (χ3v) is 5.03.